The van der Waals surface area contributed by atoms with Gasteiger partial charge in [0.1, 0.15) is 5.75 Å². The zero-order valence-corrected chi connectivity index (χ0v) is 29.6. The van der Waals surface area contributed by atoms with Crippen molar-refractivity contribution >= 4 is 29.2 Å². The number of nitrogens with zero attached hydrogens (tertiary/aromatic N) is 4. The van der Waals surface area contributed by atoms with Gasteiger partial charge in [0.25, 0.3) is 11.8 Å². The molecule has 52 heavy (non-hydrogen) atoms. The summed E-state index contributed by atoms with van der Waals surface area (Å²) in [7, 11) is 1.75. The number of hydrogen-bond donors (Lipinski definition) is 2. The number of urea groups is 1. The number of benzene rings is 4. The van der Waals surface area contributed by atoms with Gasteiger partial charge in [0.15, 0.2) is 0 Å². The van der Waals surface area contributed by atoms with Crippen LogP contribution in [0.1, 0.15) is 68.4 Å². The Morgan fingerprint density at radius 2 is 1.52 bits per heavy atom. The monoisotopic (exact) mass is 693 g/mol. The van der Waals surface area contributed by atoms with Crippen LogP contribution >= 0.6 is 0 Å². The maximum Gasteiger partial charge on any atom is 0.322 e. The van der Waals surface area contributed by atoms with Gasteiger partial charge >= 0.3 is 6.03 Å². The number of carbonyl (C=O) groups excluding carboxylic acids is 3. The molecule has 0 bridgehead atoms. The fourth-order valence-electron chi connectivity index (χ4n) is 8.06. The minimum Gasteiger partial charge on any atom is -0.508 e. The molecular formula is C43H43N5O4. The first-order chi connectivity index (χ1) is 25.2. The quantitative estimate of drug-likeness (QED) is 0.198. The van der Waals surface area contributed by atoms with Crippen molar-refractivity contribution < 1.29 is 19.5 Å². The first kappa shape index (κ1) is 33.3. The average molecular weight is 694 g/mol. The largest absolute Gasteiger partial charge is 0.508 e. The zero-order chi connectivity index (χ0) is 35.9. The van der Waals surface area contributed by atoms with Gasteiger partial charge in [0, 0.05) is 73.2 Å². The molecule has 5 aromatic rings. The summed E-state index contributed by atoms with van der Waals surface area (Å²) in [4.78, 5) is 47.9. The molecule has 0 radical (unpaired) electrons. The number of phenols is 1. The van der Waals surface area contributed by atoms with E-state index in [4.69, 9.17) is 0 Å². The van der Waals surface area contributed by atoms with Crippen molar-refractivity contribution in [3.8, 4) is 17.0 Å². The lowest BCUT2D eigenvalue weighted by atomic mass is 9.89. The van der Waals surface area contributed by atoms with Crippen molar-refractivity contribution in [1.82, 2.24) is 14.4 Å². The van der Waals surface area contributed by atoms with E-state index in [-0.39, 0.29) is 29.6 Å². The highest BCUT2D eigenvalue weighted by Crippen LogP contribution is 2.38. The Balaban J connectivity index is 1.20. The number of rotatable bonds is 5. The second-order valence-electron chi connectivity index (χ2n) is 14.3. The van der Waals surface area contributed by atoms with Crippen molar-refractivity contribution in [3.05, 3.63) is 136 Å². The fourth-order valence-corrected chi connectivity index (χ4v) is 8.06. The summed E-state index contributed by atoms with van der Waals surface area (Å²) in [5, 5.41) is 12.9. The van der Waals surface area contributed by atoms with E-state index in [2.05, 4.69) is 41.1 Å². The third-order valence-electron chi connectivity index (χ3n) is 11.0. The highest BCUT2D eigenvalue weighted by molar-refractivity contribution is 6.08. The van der Waals surface area contributed by atoms with Crippen molar-refractivity contribution in [2.75, 3.05) is 23.8 Å². The molecule has 2 N–H and O–H groups in total. The third kappa shape index (κ3) is 6.21. The Bertz CT molecular complexity index is 2170. The Morgan fingerprint density at radius 1 is 0.769 bits per heavy atom. The topological polar surface area (TPSA) is 98.1 Å². The molecule has 4 heterocycles. The number of hydrogen-bond acceptors (Lipinski definition) is 4. The normalized spacial score (nSPS) is 16.4. The minimum absolute atomic E-state index is 0.00300. The van der Waals surface area contributed by atoms with Crippen LogP contribution in [-0.4, -0.2) is 57.0 Å². The van der Waals surface area contributed by atoms with Crippen LogP contribution in [0.4, 0.5) is 16.2 Å². The summed E-state index contributed by atoms with van der Waals surface area (Å²) in [6.07, 6.45) is 4.15. The van der Waals surface area contributed by atoms with Gasteiger partial charge in [-0.15, -0.1) is 0 Å². The molecule has 3 aliphatic heterocycles. The molecular weight excluding hydrogens is 651 g/mol. The number of aromatic hydroxyl groups is 1. The van der Waals surface area contributed by atoms with E-state index in [1.807, 2.05) is 53.4 Å². The second kappa shape index (κ2) is 13.7. The maximum atomic E-state index is 14.9. The van der Waals surface area contributed by atoms with E-state index in [1.54, 1.807) is 41.1 Å². The summed E-state index contributed by atoms with van der Waals surface area (Å²) in [6.45, 7) is 4.32. The molecule has 4 amide bonds. The van der Waals surface area contributed by atoms with Crippen molar-refractivity contribution in [2.45, 2.75) is 64.7 Å². The number of carbonyl (C=O) groups is 3. The number of nitrogens with one attached hydrogen (secondary N) is 1. The van der Waals surface area contributed by atoms with Gasteiger partial charge in [0.2, 0.25) is 0 Å². The summed E-state index contributed by atoms with van der Waals surface area (Å²) >= 11 is 0. The van der Waals surface area contributed by atoms with E-state index >= 15 is 0 Å². The van der Waals surface area contributed by atoms with Crippen LogP contribution in [0, 0.1) is 0 Å². The SMILES string of the molecule is C[C@@H]1Cc2ccccc2CN1C(=O)c1cc2c(cc1-c1cc(C(=O)N(C)c3ccc(O)cc3)c3n1CCCC3)CCN(C(=O)Nc1ccccc1)C2. The Kier molecular flexibility index (Phi) is 8.79. The van der Waals surface area contributed by atoms with E-state index in [1.165, 1.54) is 5.56 Å². The predicted molar refractivity (Wildman–Crippen MR) is 203 cm³/mol. The maximum absolute atomic E-state index is 14.9. The number of phenolic OH excluding ortho intramolecular Hbond substituents is 1. The van der Waals surface area contributed by atoms with Crippen molar-refractivity contribution in [2.24, 2.45) is 0 Å². The number of aromatic nitrogens is 1. The molecule has 0 fully saturated rings. The molecule has 0 spiro atoms. The molecule has 0 aliphatic carbocycles. The third-order valence-corrected chi connectivity index (χ3v) is 11.0. The summed E-state index contributed by atoms with van der Waals surface area (Å²) in [6, 6.07) is 30.4. The molecule has 1 atom stereocenters. The first-order valence-corrected chi connectivity index (χ1v) is 18.2. The minimum atomic E-state index is -0.170. The zero-order valence-electron chi connectivity index (χ0n) is 29.6. The lowest BCUT2D eigenvalue weighted by molar-refractivity contribution is 0.0658. The highest BCUT2D eigenvalue weighted by Gasteiger charge is 2.33. The van der Waals surface area contributed by atoms with Gasteiger partial charge in [-0.25, -0.2) is 4.79 Å². The van der Waals surface area contributed by atoms with Crippen LogP contribution in [0.3, 0.4) is 0 Å². The summed E-state index contributed by atoms with van der Waals surface area (Å²) in [5.41, 5.74) is 9.81. The van der Waals surface area contributed by atoms with Crippen LogP contribution in [0.2, 0.25) is 0 Å². The van der Waals surface area contributed by atoms with Gasteiger partial charge in [-0.2, -0.15) is 0 Å². The summed E-state index contributed by atoms with van der Waals surface area (Å²) in [5.74, 6) is -0.0370. The molecule has 1 aromatic heterocycles. The van der Waals surface area contributed by atoms with Crippen LogP contribution in [0.25, 0.3) is 11.3 Å². The fraction of sp³-hybridized carbons (Fsp3) is 0.279. The first-order valence-electron chi connectivity index (χ1n) is 18.2. The highest BCUT2D eigenvalue weighted by atomic mass is 16.3. The second-order valence-corrected chi connectivity index (χ2v) is 14.3. The summed E-state index contributed by atoms with van der Waals surface area (Å²) < 4.78 is 2.25. The molecule has 0 saturated heterocycles. The lowest BCUT2D eigenvalue weighted by Crippen LogP contribution is -2.43. The molecule has 264 valence electrons. The van der Waals surface area contributed by atoms with Crippen LogP contribution < -0.4 is 10.2 Å². The van der Waals surface area contributed by atoms with Crippen molar-refractivity contribution in [1.29, 1.82) is 0 Å². The number of para-hydroxylation sites is 1. The number of anilines is 2. The number of fused-ring (bicyclic) bond motifs is 3. The molecule has 4 aromatic carbocycles. The molecule has 9 heteroatoms. The lowest BCUT2D eigenvalue weighted by Gasteiger charge is -2.36. The standard InChI is InChI=1S/C43H43N5O4/c1-28-22-29-10-6-7-11-31(29)27-48(28)42(51)37-24-32-26-46(43(52)44-33-12-4-3-5-13-33)21-19-30(32)23-36(37)40-25-38(39-14-8-9-20-47(39)40)41(50)45(2)34-15-17-35(49)18-16-34/h3-7,10-13,15-18,23-25,28,49H,8-9,14,19-22,26-27H2,1-2H3,(H,44,52)/t28-/m1/s1. The van der Waals surface area contributed by atoms with Gasteiger partial charge in [-0.1, -0.05) is 42.5 Å². The van der Waals surface area contributed by atoms with Crippen molar-refractivity contribution in [3.63, 3.8) is 0 Å². The van der Waals surface area contributed by atoms with Gasteiger partial charge in [-0.3, -0.25) is 9.59 Å². The van der Waals surface area contributed by atoms with Gasteiger partial charge in [-0.05, 0) is 116 Å². The Labute approximate surface area is 304 Å². The van der Waals surface area contributed by atoms with E-state index in [0.717, 1.165) is 71.6 Å². The molecule has 8 rings (SSSR count). The Morgan fingerprint density at radius 3 is 2.31 bits per heavy atom. The molecule has 3 aliphatic rings. The molecule has 9 nitrogen and oxygen atoms in total. The van der Waals surface area contributed by atoms with Crippen LogP contribution in [0.15, 0.2) is 97.1 Å². The predicted octanol–water partition coefficient (Wildman–Crippen LogP) is 7.65. The number of amides is 4. The average Bonchev–Trinajstić information content (AvgIpc) is 3.56. The van der Waals surface area contributed by atoms with Gasteiger partial charge < -0.3 is 29.7 Å². The smallest absolute Gasteiger partial charge is 0.322 e. The Hall–Kier alpha value is -5.83. The van der Waals surface area contributed by atoms with Crippen LogP contribution in [-0.2, 0) is 38.9 Å². The van der Waals surface area contributed by atoms with E-state index in [9.17, 15) is 19.5 Å². The van der Waals surface area contributed by atoms with E-state index < -0.39 is 0 Å². The van der Waals surface area contributed by atoms with E-state index in [0.29, 0.717) is 42.9 Å². The molecule has 0 saturated carbocycles. The van der Waals surface area contributed by atoms with Gasteiger partial charge in [0.05, 0.1) is 5.56 Å². The molecule has 0 unspecified atom stereocenters. The van der Waals surface area contributed by atoms with Crippen LogP contribution in [0.5, 0.6) is 5.75 Å².